The van der Waals surface area contributed by atoms with E-state index in [1.807, 2.05) is 20.8 Å². The lowest BCUT2D eigenvalue weighted by Crippen LogP contribution is -2.42. The van der Waals surface area contributed by atoms with Gasteiger partial charge in [-0.3, -0.25) is 9.48 Å². The summed E-state index contributed by atoms with van der Waals surface area (Å²) in [4.78, 5) is 11.9. The molecule has 0 bridgehead atoms. The Morgan fingerprint density at radius 2 is 2.12 bits per heavy atom. The van der Waals surface area contributed by atoms with Crippen molar-refractivity contribution < 1.29 is 9.90 Å². The molecule has 0 saturated carbocycles. The van der Waals surface area contributed by atoms with Crippen LogP contribution in [0.25, 0.3) is 0 Å². The summed E-state index contributed by atoms with van der Waals surface area (Å²) < 4.78 is 1.65. The van der Waals surface area contributed by atoms with Crippen LogP contribution in [0.5, 0.6) is 0 Å². The molecule has 5 nitrogen and oxygen atoms in total. The van der Waals surface area contributed by atoms with Gasteiger partial charge in [0.1, 0.15) is 0 Å². The summed E-state index contributed by atoms with van der Waals surface area (Å²) in [6.07, 6.45) is 2.78. The molecule has 0 aliphatic heterocycles. The van der Waals surface area contributed by atoms with Crippen molar-refractivity contribution in [1.82, 2.24) is 15.1 Å². The number of nitrogens with zero attached hydrogens (tertiary/aromatic N) is 2. The molecule has 0 radical (unpaired) electrons. The molecule has 0 fully saturated rings. The maximum Gasteiger partial charge on any atom is 0.254 e. The second kappa shape index (κ2) is 5.31. The second-order valence-electron chi connectivity index (χ2n) is 4.38. The first-order valence-electron chi connectivity index (χ1n) is 5.92. The third-order valence-corrected chi connectivity index (χ3v) is 3.37. The third kappa shape index (κ3) is 3.06. The molecule has 1 aromatic heterocycles. The van der Waals surface area contributed by atoms with E-state index in [-0.39, 0.29) is 12.5 Å². The van der Waals surface area contributed by atoms with Gasteiger partial charge < -0.3 is 10.4 Å². The minimum Gasteiger partial charge on any atom is -0.388 e. The van der Waals surface area contributed by atoms with Crippen molar-refractivity contribution in [2.75, 3.05) is 6.54 Å². The first kappa shape index (κ1) is 13.7. The summed E-state index contributed by atoms with van der Waals surface area (Å²) in [7, 11) is 1.79. The number of aliphatic hydroxyl groups is 1. The largest absolute Gasteiger partial charge is 0.388 e. The van der Waals surface area contributed by atoms with Crippen molar-refractivity contribution in [2.45, 2.75) is 39.2 Å². The zero-order valence-corrected chi connectivity index (χ0v) is 10.9. The fourth-order valence-electron chi connectivity index (χ4n) is 1.56. The molecule has 2 N–H and O–H groups in total. The molecule has 17 heavy (non-hydrogen) atoms. The summed E-state index contributed by atoms with van der Waals surface area (Å²) in [6, 6.07) is 0. The van der Waals surface area contributed by atoms with Crippen molar-refractivity contribution >= 4 is 5.91 Å². The minimum atomic E-state index is -0.814. The lowest BCUT2D eigenvalue weighted by Gasteiger charge is -2.25. The third-order valence-electron chi connectivity index (χ3n) is 3.37. The zero-order chi connectivity index (χ0) is 13.1. The van der Waals surface area contributed by atoms with Gasteiger partial charge in [0.2, 0.25) is 0 Å². The molecule has 5 heteroatoms. The van der Waals surface area contributed by atoms with E-state index < -0.39 is 5.60 Å². The number of hydrogen-bond acceptors (Lipinski definition) is 3. The summed E-state index contributed by atoms with van der Waals surface area (Å²) in [5.74, 6) is -0.184. The Balaban J connectivity index is 2.65. The second-order valence-corrected chi connectivity index (χ2v) is 4.38. The summed E-state index contributed by atoms with van der Waals surface area (Å²) in [6.45, 7) is 5.93. The number of hydrogen-bond donors (Lipinski definition) is 2. The average Bonchev–Trinajstić information content (AvgIpc) is 2.67. The van der Waals surface area contributed by atoms with Crippen molar-refractivity contribution in [3.8, 4) is 0 Å². The van der Waals surface area contributed by atoms with E-state index in [0.29, 0.717) is 18.4 Å². The lowest BCUT2D eigenvalue weighted by atomic mass is 9.97. The van der Waals surface area contributed by atoms with Crippen LogP contribution >= 0.6 is 0 Å². The maximum atomic E-state index is 11.9. The highest BCUT2D eigenvalue weighted by Crippen LogP contribution is 2.13. The number of carbonyl (C=O) groups excluding carboxylic acids is 1. The van der Waals surface area contributed by atoms with Gasteiger partial charge in [-0.2, -0.15) is 5.10 Å². The van der Waals surface area contributed by atoms with Crippen LogP contribution in [-0.4, -0.2) is 32.9 Å². The van der Waals surface area contributed by atoms with E-state index in [1.165, 1.54) is 0 Å². The van der Waals surface area contributed by atoms with Gasteiger partial charge in [0, 0.05) is 19.3 Å². The summed E-state index contributed by atoms with van der Waals surface area (Å²) >= 11 is 0. The number of carbonyl (C=O) groups is 1. The van der Waals surface area contributed by atoms with Crippen LogP contribution in [-0.2, 0) is 7.05 Å². The Bertz CT molecular complexity index is 394. The molecule has 0 spiro atoms. The highest BCUT2D eigenvalue weighted by Gasteiger charge is 2.23. The summed E-state index contributed by atoms with van der Waals surface area (Å²) in [5, 5.41) is 16.8. The van der Waals surface area contributed by atoms with E-state index in [2.05, 4.69) is 10.4 Å². The molecule has 0 aliphatic carbocycles. The Hall–Kier alpha value is -1.36. The first-order valence-corrected chi connectivity index (χ1v) is 5.92. The van der Waals surface area contributed by atoms with Gasteiger partial charge >= 0.3 is 0 Å². The van der Waals surface area contributed by atoms with Gasteiger partial charge in [0.05, 0.1) is 17.4 Å². The van der Waals surface area contributed by atoms with Crippen molar-refractivity contribution in [1.29, 1.82) is 0 Å². The predicted octanol–water partition coefficient (Wildman–Crippen LogP) is 1.01. The van der Waals surface area contributed by atoms with Crippen LogP contribution in [0, 0.1) is 6.92 Å². The molecule has 0 aromatic carbocycles. The topological polar surface area (TPSA) is 67.2 Å². The highest BCUT2D eigenvalue weighted by molar-refractivity contribution is 5.95. The van der Waals surface area contributed by atoms with Crippen LogP contribution in [0.4, 0.5) is 0 Å². The molecule has 0 aliphatic rings. The molecule has 0 atom stereocenters. The normalized spacial score (nSPS) is 11.6. The highest BCUT2D eigenvalue weighted by atomic mass is 16.3. The van der Waals surface area contributed by atoms with Gasteiger partial charge in [-0.25, -0.2) is 0 Å². The van der Waals surface area contributed by atoms with Crippen molar-refractivity contribution in [3.05, 3.63) is 17.5 Å². The van der Waals surface area contributed by atoms with Crippen LogP contribution in [0.2, 0.25) is 0 Å². The quantitative estimate of drug-likeness (QED) is 0.806. The molecule has 1 heterocycles. The van der Waals surface area contributed by atoms with Gasteiger partial charge in [-0.1, -0.05) is 13.8 Å². The predicted molar refractivity (Wildman–Crippen MR) is 65.8 cm³/mol. The fraction of sp³-hybridized carbons (Fsp3) is 0.667. The number of nitrogens with one attached hydrogen (secondary N) is 1. The molecule has 1 rings (SSSR count). The Kier molecular flexibility index (Phi) is 4.28. The SMILES string of the molecule is CCC(O)(CC)CNC(=O)c1cnn(C)c1C. The Morgan fingerprint density at radius 1 is 1.53 bits per heavy atom. The number of aromatic nitrogens is 2. The smallest absolute Gasteiger partial charge is 0.254 e. The fourth-order valence-corrected chi connectivity index (χ4v) is 1.56. The summed E-state index contributed by atoms with van der Waals surface area (Å²) in [5.41, 5.74) is 0.562. The number of aryl methyl sites for hydroxylation is 1. The Labute approximate surface area is 102 Å². The monoisotopic (exact) mass is 239 g/mol. The molecule has 0 unspecified atom stereocenters. The van der Waals surface area contributed by atoms with Gasteiger partial charge in [-0.05, 0) is 19.8 Å². The Morgan fingerprint density at radius 3 is 2.53 bits per heavy atom. The van der Waals surface area contributed by atoms with E-state index in [0.717, 1.165) is 5.69 Å². The van der Waals surface area contributed by atoms with Crippen molar-refractivity contribution in [2.24, 2.45) is 7.05 Å². The molecule has 1 aromatic rings. The number of rotatable bonds is 5. The standard InChI is InChI=1S/C12H21N3O2/c1-5-12(17,6-2)8-13-11(16)10-7-14-15(4)9(10)3/h7,17H,5-6,8H2,1-4H3,(H,13,16). The van der Waals surface area contributed by atoms with E-state index >= 15 is 0 Å². The maximum absolute atomic E-state index is 11.9. The number of amides is 1. The van der Waals surface area contributed by atoms with Crippen LogP contribution < -0.4 is 5.32 Å². The van der Waals surface area contributed by atoms with Crippen LogP contribution in [0.1, 0.15) is 42.7 Å². The molecule has 0 saturated heterocycles. The minimum absolute atomic E-state index is 0.184. The first-order chi connectivity index (χ1) is 7.93. The lowest BCUT2D eigenvalue weighted by molar-refractivity contribution is 0.0314. The van der Waals surface area contributed by atoms with Crippen LogP contribution in [0.3, 0.4) is 0 Å². The van der Waals surface area contributed by atoms with E-state index in [4.69, 9.17) is 0 Å². The molecular weight excluding hydrogens is 218 g/mol. The van der Waals surface area contributed by atoms with E-state index in [9.17, 15) is 9.90 Å². The molecule has 96 valence electrons. The van der Waals surface area contributed by atoms with Gasteiger partial charge in [0.25, 0.3) is 5.91 Å². The molecular formula is C12H21N3O2. The van der Waals surface area contributed by atoms with Crippen LogP contribution in [0.15, 0.2) is 6.20 Å². The van der Waals surface area contributed by atoms with Crippen molar-refractivity contribution in [3.63, 3.8) is 0 Å². The molecule has 1 amide bonds. The van der Waals surface area contributed by atoms with Gasteiger partial charge in [0.15, 0.2) is 0 Å². The average molecular weight is 239 g/mol. The zero-order valence-electron chi connectivity index (χ0n) is 10.9. The van der Waals surface area contributed by atoms with Gasteiger partial charge in [-0.15, -0.1) is 0 Å². The van der Waals surface area contributed by atoms with E-state index in [1.54, 1.807) is 17.9 Å².